The van der Waals surface area contributed by atoms with Gasteiger partial charge >= 0.3 is 0 Å². The highest BCUT2D eigenvalue weighted by Crippen LogP contribution is 2.31. The first kappa shape index (κ1) is 20.0. The highest BCUT2D eigenvalue weighted by atomic mass is 35.5. The number of rotatable bonds is 6. The fourth-order valence-electron chi connectivity index (χ4n) is 3.85. The lowest BCUT2D eigenvalue weighted by Gasteiger charge is -2.35. The van der Waals surface area contributed by atoms with Gasteiger partial charge in [-0.25, -0.2) is 0 Å². The van der Waals surface area contributed by atoms with E-state index >= 15 is 0 Å². The fraction of sp³-hybridized carbons (Fsp3) is 0.409. The van der Waals surface area contributed by atoms with Crippen LogP contribution in [0.15, 0.2) is 42.5 Å². The lowest BCUT2D eigenvalue weighted by molar-refractivity contribution is -0.127. The molecule has 1 saturated heterocycles. The molecule has 0 spiro atoms. The van der Waals surface area contributed by atoms with Crippen molar-refractivity contribution in [2.75, 3.05) is 40.0 Å². The van der Waals surface area contributed by atoms with Gasteiger partial charge in [-0.05, 0) is 41.5 Å². The van der Waals surface area contributed by atoms with Crippen LogP contribution in [0.4, 0.5) is 0 Å². The van der Waals surface area contributed by atoms with Crippen molar-refractivity contribution in [2.24, 2.45) is 0 Å². The number of carbonyl (C=O) groups excluding carboxylic acids is 1. The number of nitrogens with zero attached hydrogens (tertiary/aromatic N) is 1. The Kier molecular flexibility index (Phi) is 6.23. The Morgan fingerprint density at radius 1 is 1.24 bits per heavy atom. The van der Waals surface area contributed by atoms with Crippen LogP contribution < -0.4 is 14.8 Å². The number of nitrogens with one attached hydrogen (secondary N) is 1. The van der Waals surface area contributed by atoms with Crippen LogP contribution in [0.25, 0.3) is 0 Å². The molecule has 0 bridgehead atoms. The van der Waals surface area contributed by atoms with Crippen molar-refractivity contribution in [1.82, 2.24) is 10.2 Å². The van der Waals surface area contributed by atoms with Gasteiger partial charge in [-0.15, -0.1) is 0 Å². The molecule has 7 heteroatoms. The predicted molar refractivity (Wildman–Crippen MR) is 111 cm³/mol. The Morgan fingerprint density at radius 2 is 2.00 bits per heavy atom. The zero-order valence-electron chi connectivity index (χ0n) is 16.4. The standard InChI is InChI=1S/C22H25ClN2O4/c1-27-18-5-2-15(3-6-18)19(25-8-10-28-11-9-25)14-24-22(26)21-13-16-12-17(23)4-7-20(16)29-21/h2-7,12,19,21H,8-11,13-14H2,1H3,(H,24,26)/t19-,21+/m0/s1. The predicted octanol–water partition coefficient (Wildman–Crippen LogP) is 2.84. The molecule has 1 amide bonds. The monoisotopic (exact) mass is 416 g/mol. The molecule has 2 aliphatic heterocycles. The Balaban J connectivity index is 1.42. The van der Waals surface area contributed by atoms with E-state index in [1.807, 2.05) is 24.3 Å². The van der Waals surface area contributed by atoms with E-state index in [0.717, 1.165) is 35.7 Å². The Hall–Kier alpha value is -2.28. The maximum atomic E-state index is 12.8. The second kappa shape index (κ2) is 9.03. The van der Waals surface area contributed by atoms with Crippen molar-refractivity contribution < 1.29 is 19.0 Å². The molecule has 1 N–H and O–H groups in total. The minimum absolute atomic E-state index is 0.0620. The molecular formula is C22H25ClN2O4. The number of hydrogen-bond donors (Lipinski definition) is 1. The van der Waals surface area contributed by atoms with Crippen LogP contribution in [0.1, 0.15) is 17.2 Å². The van der Waals surface area contributed by atoms with Gasteiger partial charge < -0.3 is 19.5 Å². The zero-order valence-corrected chi connectivity index (χ0v) is 17.2. The topological polar surface area (TPSA) is 60.0 Å². The van der Waals surface area contributed by atoms with E-state index in [0.29, 0.717) is 31.2 Å². The first-order valence-electron chi connectivity index (χ1n) is 9.82. The highest BCUT2D eigenvalue weighted by Gasteiger charge is 2.30. The van der Waals surface area contributed by atoms with Crippen molar-refractivity contribution in [1.29, 1.82) is 0 Å². The molecule has 0 saturated carbocycles. The minimum atomic E-state index is -0.523. The third-order valence-corrected chi connectivity index (χ3v) is 5.68. The van der Waals surface area contributed by atoms with Gasteiger partial charge in [0, 0.05) is 31.1 Å². The average molecular weight is 417 g/mol. The number of morpholine rings is 1. The molecule has 0 aliphatic carbocycles. The Labute approximate surface area is 175 Å². The number of amides is 1. The number of fused-ring (bicyclic) bond motifs is 1. The van der Waals surface area contributed by atoms with E-state index in [4.69, 9.17) is 25.8 Å². The van der Waals surface area contributed by atoms with Crippen LogP contribution in [-0.2, 0) is 16.0 Å². The lowest BCUT2D eigenvalue weighted by atomic mass is 10.0. The number of methoxy groups -OCH3 is 1. The Bertz CT molecular complexity index is 852. The minimum Gasteiger partial charge on any atom is -0.497 e. The van der Waals surface area contributed by atoms with Crippen molar-refractivity contribution in [3.63, 3.8) is 0 Å². The summed E-state index contributed by atoms with van der Waals surface area (Å²) in [5.74, 6) is 1.44. The third-order valence-electron chi connectivity index (χ3n) is 5.45. The van der Waals surface area contributed by atoms with E-state index in [2.05, 4.69) is 22.3 Å². The molecule has 2 aromatic rings. The van der Waals surface area contributed by atoms with Crippen LogP contribution in [0.3, 0.4) is 0 Å². The van der Waals surface area contributed by atoms with Crippen LogP contribution in [-0.4, -0.2) is 56.9 Å². The molecule has 1 fully saturated rings. The maximum Gasteiger partial charge on any atom is 0.261 e. The number of benzene rings is 2. The largest absolute Gasteiger partial charge is 0.497 e. The molecule has 0 unspecified atom stereocenters. The lowest BCUT2D eigenvalue weighted by Crippen LogP contribution is -2.46. The van der Waals surface area contributed by atoms with Crippen molar-refractivity contribution in [3.05, 3.63) is 58.6 Å². The average Bonchev–Trinajstić information content (AvgIpc) is 3.18. The summed E-state index contributed by atoms with van der Waals surface area (Å²) in [5, 5.41) is 3.74. The molecule has 154 valence electrons. The molecule has 6 nitrogen and oxygen atoms in total. The second-order valence-electron chi connectivity index (χ2n) is 7.25. The normalized spacial score (nSPS) is 19.9. The number of ether oxygens (including phenoxy) is 3. The van der Waals surface area contributed by atoms with Crippen molar-refractivity contribution >= 4 is 17.5 Å². The summed E-state index contributed by atoms with van der Waals surface area (Å²) in [7, 11) is 1.65. The molecule has 29 heavy (non-hydrogen) atoms. The zero-order chi connectivity index (χ0) is 20.2. The Morgan fingerprint density at radius 3 is 2.72 bits per heavy atom. The quantitative estimate of drug-likeness (QED) is 0.784. The van der Waals surface area contributed by atoms with Crippen LogP contribution in [0.5, 0.6) is 11.5 Å². The molecule has 4 rings (SSSR count). The molecule has 0 radical (unpaired) electrons. The van der Waals surface area contributed by atoms with Crippen molar-refractivity contribution in [3.8, 4) is 11.5 Å². The number of halogens is 1. The molecular weight excluding hydrogens is 392 g/mol. The van der Waals surface area contributed by atoms with Gasteiger partial charge in [0.1, 0.15) is 11.5 Å². The molecule has 2 heterocycles. The van der Waals surface area contributed by atoms with Crippen molar-refractivity contribution in [2.45, 2.75) is 18.6 Å². The van der Waals surface area contributed by atoms with Gasteiger partial charge in [0.25, 0.3) is 5.91 Å². The summed E-state index contributed by atoms with van der Waals surface area (Å²) in [6.45, 7) is 3.56. The molecule has 2 atom stereocenters. The summed E-state index contributed by atoms with van der Waals surface area (Å²) >= 11 is 6.05. The molecule has 0 aromatic heterocycles. The molecule has 2 aromatic carbocycles. The number of carbonyl (C=O) groups is 1. The van der Waals surface area contributed by atoms with E-state index in [-0.39, 0.29) is 11.9 Å². The van der Waals surface area contributed by atoms with Crippen LogP contribution in [0.2, 0.25) is 5.02 Å². The van der Waals surface area contributed by atoms with Gasteiger partial charge in [0.2, 0.25) is 0 Å². The van der Waals surface area contributed by atoms with E-state index in [1.54, 1.807) is 13.2 Å². The third kappa shape index (κ3) is 4.66. The van der Waals surface area contributed by atoms with E-state index < -0.39 is 6.10 Å². The van der Waals surface area contributed by atoms with Crippen LogP contribution in [0, 0.1) is 0 Å². The first-order valence-corrected chi connectivity index (χ1v) is 10.2. The second-order valence-corrected chi connectivity index (χ2v) is 7.68. The smallest absolute Gasteiger partial charge is 0.261 e. The summed E-state index contributed by atoms with van der Waals surface area (Å²) in [6, 6.07) is 13.5. The van der Waals surface area contributed by atoms with Gasteiger partial charge in [-0.1, -0.05) is 23.7 Å². The number of hydrogen-bond acceptors (Lipinski definition) is 5. The van der Waals surface area contributed by atoms with Gasteiger partial charge in [-0.3, -0.25) is 9.69 Å². The van der Waals surface area contributed by atoms with Crippen LogP contribution >= 0.6 is 11.6 Å². The molecule has 2 aliphatic rings. The van der Waals surface area contributed by atoms with E-state index in [1.165, 1.54) is 0 Å². The van der Waals surface area contributed by atoms with Gasteiger partial charge in [-0.2, -0.15) is 0 Å². The first-order chi connectivity index (χ1) is 14.1. The summed E-state index contributed by atoms with van der Waals surface area (Å²) in [6.07, 6.45) is 0.0108. The van der Waals surface area contributed by atoms with Gasteiger partial charge in [0.15, 0.2) is 6.10 Å². The SMILES string of the molecule is COc1ccc([C@H](CNC(=O)[C@H]2Cc3cc(Cl)ccc3O2)N2CCOCC2)cc1. The summed E-state index contributed by atoms with van der Waals surface area (Å²) < 4.78 is 16.6. The van der Waals surface area contributed by atoms with E-state index in [9.17, 15) is 4.79 Å². The summed E-state index contributed by atoms with van der Waals surface area (Å²) in [4.78, 5) is 15.1. The highest BCUT2D eigenvalue weighted by molar-refractivity contribution is 6.30. The fourth-order valence-corrected chi connectivity index (χ4v) is 4.04. The maximum absolute atomic E-state index is 12.8. The summed E-state index contributed by atoms with van der Waals surface area (Å²) in [5.41, 5.74) is 2.10. The van der Waals surface area contributed by atoms with Gasteiger partial charge in [0.05, 0.1) is 26.4 Å².